The number of β-amino-alcohol motifs (C(OH)–C–C–N with tert-alkyl or cyclic N) is 1. The van der Waals surface area contributed by atoms with Gasteiger partial charge in [-0.25, -0.2) is 28.7 Å². The van der Waals surface area contributed by atoms with Crippen molar-refractivity contribution in [1.29, 1.82) is 0 Å². The molecular formula is C33H65N6O19P3. The van der Waals surface area contributed by atoms with E-state index in [-0.39, 0.29) is 75.9 Å². The number of nitrogens with two attached hydrogens (primary N) is 3. The van der Waals surface area contributed by atoms with Crippen LogP contribution in [0.2, 0.25) is 0 Å². The number of carbonyl (C=O) groups excluding carboxylic acids is 3. The highest BCUT2D eigenvalue weighted by molar-refractivity contribution is 7.47. The van der Waals surface area contributed by atoms with Crippen molar-refractivity contribution in [2.45, 2.75) is 133 Å². The predicted octanol–water partition coefficient (Wildman–Crippen LogP) is 1.18. The van der Waals surface area contributed by atoms with Crippen LogP contribution in [0.5, 0.6) is 0 Å². The molecule has 0 aromatic carbocycles. The lowest BCUT2D eigenvalue weighted by Crippen LogP contribution is -2.38. The minimum Gasteiger partial charge on any atom is -0.391 e. The normalized spacial score (nSPS) is 26.1. The summed E-state index contributed by atoms with van der Waals surface area (Å²) in [5.74, 6) is -0.977. The van der Waals surface area contributed by atoms with Gasteiger partial charge >= 0.3 is 23.5 Å². The summed E-state index contributed by atoms with van der Waals surface area (Å²) in [5, 5.41) is 18.8. The van der Waals surface area contributed by atoms with Crippen molar-refractivity contribution in [2.75, 3.05) is 59.1 Å². The number of unbranched alkanes of at least 4 members (excludes halogenated alkanes) is 6. The standard InChI is InChI=1S/C33H65N6O19P3/c34-13-7-1-4-10-31(41)37-19-28(40)16-25(37)22-52-60(47,48)57-55-30-18-27(39(21-30)33(43)12-6-3-9-15-36)24-53-61(49,50)58-54-29-17-26(23-51-59(45,46)56-44)38(20-29)32(42)11-5-2-8-14-35/h25-30,40,44H,1-24,34-36H2,(H,45,46)(H,47,48)(H,49,50)/t25-,26-,27-,28+,29+,30+/m0/s1. The number of carbonyl (C=O) groups is 3. The summed E-state index contributed by atoms with van der Waals surface area (Å²) in [6, 6.07) is -2.48. The van der Waals surface area contributed by atoms with Gasteiger partial charge in [0.15, 0.2) is 0 Å². The Bertz CT molecular complexity index is 1510. The van der Waals surface area contributed by atoms with Crippen LogP contribution in [0.15, 0.2) is 0 Å². The van der Waals surface area contributed by atoms with Crippen molar-refractivity contribution in [3.8, 4) is 0 Å². The number of hydrogen-bond donors (Lipinski definition) is 8. The molecule has 61 heavy (non-hydrogen) atoms. The molecular weight excluding hydrogens is 877 g/mol. The molecule has 0 bridgehead atoms. The number of amides is 3. The quantitative estimate of drug-likeness (QED) is 0.0209. The molecule has 25 nitrogen and oxygen atoms in total. The van der Waals surface area contributed by atoms with Crippen molar-refractivity contribution < 1.29 is 90.5 Å². The Labute approximate surface area is 354 Å². The smallest absolute Gasteiger partial charge is 0.391 e. The molecule has 3 aliphatic heterocycles. The summed E-state index contributed by atoms with van der Waals surface area (Å²) in [6.45, 7) is -0.477. The first kappa shape index (κ1) is 53.8. The topological polar surface area (TPSA) is 365 Å². The lowest BCUT2D eigenvalue weighted by molar-refractivity contribution is -0.257. The van der Waals surface area contributed by atoms with Gasteiger partial charge in [-0.1, -0.05) is 19.3 Å². The van der Waals surface area contributed by atoms with Crippen molar-refractivity contribution in [3.05, 3.63) is 0 Å². The fourth-order valence-corrected chi connectivity index (χ4v) is 8.91. The number of likely N-dealkylation sites (tertiary alicyclic amines) is 3. The number of phosphoric acid groups is 3. The van der Waals surface area contributed by atoms with Gasteiger partial charge < -0.3 is 51.7 Å². The van der Waals surface area contributed by atoms with Crippen LogP contribution in [0.25, 0.3) is 0 Å². The molecule has 356 valence electrons. The summed E-state index contributed by atoms with van der Waals surface area (Å²) in [7, 11) is -14.7. The lowest BCUT2D eigenvalue weighted by atomic mass is 10.1. The Morgan fingerprint density at radius 2 is 0.869 bits per heavy atom. The molecule has 3 heterocycles. The van der Waals surface area contributed by atoms with Gasteiger partial charge in [0.2, 0.25) is 17.7 Å². The third-order valence-electron chi connectivity index (χ3n) is 10.3. The molecule has 3 unspecified atom stereocenters. The van der Waals surface area contributed by atoms with Crippen LogP contribution in [0.1, 0.15) is 96.3 Å². The summed E-state index contributed by atoms with van der Waals surface area (Å²) in [5.41, 5.74) is 16.6. The minimum atomic E-state index is -5.01. The summed E-state index contributed by atoms with van der Waals surface area (Å²) in [6.07, 6.45) is 3.29. The molecule has 0 aliphatic carbocycles. The molecule has 0 aromatic heterocycles. The van der Waals surface area contributed by atoms with E-state index >= 15 is 0 Å². The first-order valence-electron chi connectivity index (χ1n) is 20.5. The van der Waals surface area contributed by atoms with Gasteiger partial charge in [0.1, 0.15) is 12.2 Å². The van der Waals surface area contributed by atoms with Crippen LogP contribution >= 0.6 is 23.5 Å². The van der Waals surface area contributed by atoms with E-state index in [1.807, 2.05) is 0 Å². The second kappa shape index (κ2) is 27.1. The second-order valence-corrected chi connectivity index (χ2v) is 19.3. The number of aliphatic hydroxyl groups excluding tert-OH is 1. The molecule has 0 saturated carbocycles. The maximum atomic E-state index is 13.3. The second-order valence-electron chi connectivity index (χ2n) is 15.2. The van der Waals surface area contributed by atoms with Crippen LogP contribution in [0, 0.1) is 0 Å². The summed E-state index contributed by atoms with van der Waals surface area (Å²) < 4.78 is 65.6. The third kappa shape index (κ3) is 19.6. The first-order chi connectivity index (χ1) is 28.9. The van der Waals surface area contributed by atoms with Crippen LogP contribution in [0.3, 0.4) is 0 Å². The van der Waals surface area contributed by atoms with E-state index in [0.717, 1.165) is 12.8 Å². The van der Waals surface area contributed by atoms with Crippen LogP contribution in [-0.2, 0) is 65.4 Å². The van der Waals surface area contributed by atoms with Gasteiger partial charge in [-0.15, -0.1) is 14.0 Å². The van der Waals surface area contributed by atoms with Crippen molar-refractivity contribution in [1.82, 2.24) is 14.7 Å². The molecule has 0 aromatic rings. The Balaban J connectivity index is 1.57. The maximum absolute atomic E-state index is 13.3. The number of hydrogen-bond acceptors (Lipinski definition) is 19. The Hall–Kier alpha value is -1.54. The van der Waals surface area contributed by atoms with E-state index in [1.165, 1.54) is 14.7 Å². The highest BCUT2D eigenvalue weighted by Crippen LogP contribution is 2.47. The van der Waals surface area contributed by atoms with Gasteiger partial charge in [0, 0.05) is 38.6 Å². The van der Waals surface area contributed by atoms with Crippen molar-refractivity contribution >= 4 is 41.2 Å². The number of aliphatic hydroxyl groups is 1. The van der Waals surface area contributed by atoms with E-state index in [1.54, 1.807) is 0 Å². The molecule has 9 atom stereocenters. The van der Waals surface area contributed by atoms with E-state index in [4.69, 9.17) is 55.2 Å². The first-order valence-corrected chi connectivity index (χ1v) is 25.0. The maximum Gasteiger partial charge on any atom is 0.499 e. The van der Waals surface area contributed by atoms with E-state index in [2.05, 4.69) is 4.67 Å². The van der Waals surface area contributed by atoms with Crippen LogP contribution < -0.4 is 17.2 Å². The highest BCUT2D eigenvalue weighted by atomic mass is 31.2. The molecule has 0 spiro atoms. The molecule has 3 saturated heterocycles. The Morgan fingerprint density at radius 1 is 0.525 bits per heavy atom. The van der Waals surface area contributed by atoms with Crippen molar-refractivity contribution in [3.63, 3.8) is 0 Å². The largest absolute Gasteiger partial charge is 0.499 e. The highest BCUT2D eigenvalue weighted by Gasteiger charge is 2.43. The number of phosphoric ester groups is 3. The van der Waals surface area contributed by atoms with E-state index < -0.39 is 79.7 Å². The fraction of sp³-hybridized carbons (Fsp3) is 0.909. The number of nitrogens with zero attached hydrogens (tertiary/aromatic N) is 3. The van der Waals surface area contributed by atoms with Crippen LogP contribution in [-0.4, -0.2) is 153 Å². The van der Waals surface area contributed by atoms with E-state index in [0.29, 0.717) is 64.6 Å². The fourth-order valence-electron chi connectivity index (χ4n) is 7.23. The molecule has 28 heteroatoms. The monoisotopic (exact) mass is 942 g/mol. The predicted molar refractivity (Wildman–Crippen MR) is 212 cm³/mol. The average molecular weight is 943 g/mol. The van der Waals surface area contributed by atoms with Gasteiger partial charge in [-0.3, -0.25) is 28.0 Å². The van der Waals surface area contributed by atoms with Gasteiger partial charge in [0.25, 0.3) is 0 Å². The zero-order valence-electron chi connectivity index (χ0n) is 34.3. The van der Waals surface area contributed by atoms with Crippen LogP contribution in [0.4, 0.5) is 0 Å². The average Bonchev–Trinajstić information content (AvgIpc) is 3.95. The Morgan fingerprint density at radius 3 is 1.23 bits per heavy atom. The minimum absolute atomic E-state index is 0.0431. The van der Waals surface area contributed by atoms with Gasteiger partial charge in [0.05, 0.1) is 57.1 Å². The Kier molecular flexibility index (Phi) is 23.9. The summed E-state index contributed by atoms with van der Waals surface area (Å²) >= 11 is 0. The van der Waals surface area contributed by atoms with Gasteiger partial charge in [-0.2, -0.15) is 0 Å². The van der Waals surface area contributed by atoms with Gasteiger partial charge in [-0.05, 0) is 64.6 Å². The molecule has 3 amide bonds. The molecule has 3 fully saturated rings. The molecule has 0 radical (unpaired) electrons. The zero-order chi connectivity index (χ0) is 45.1. The number of rotatable bonds is 31. The third-order valence-corrected chi connectivity index (χ3v) is 12.5. The molecule has 3 rings (SSSR count). The summed E-state index contributed by atoms with van der Waals surface area (Å²) in [4.78, 5) is 83.8. The SMILES string of the molecule is NCCCCCC(=O)N1C[C@H](O)C[C@H]1COP(=O)(O)OO[C@@H]1C[C@@H](COP(=O)(O)OO[C@@H]2C[C@@H](COP(=O)(O)OO)N(C(=O)CCCCCN)C2)N(C(=O)CCCCCN)C1. The molecule has 3 aliphatic rings. The zero-order valence-corrected chi connectivity index (χ0v) is 37.0. The lowest BCUT2D eigenvalue weighted by Gasteiger charge is -2.25. The van der Waals surface area contributed by atoms with Crippen molar-refractivity contribution in [2.24, 2.45) is 17.2 Å². The van der Waals surface area contributed by atoms with E-state index in [9.17, 15) is 47.9 Å². The molecule has 11 N–H and O–H groups in total.